The van der Waals surface area contributed by atoms with Crippen LogP contribution in [0.4, 0.5) is 14.5 Å². The highest BCUT2D eigenvalue weighted by atomic mass is 35.5. The second-order valence-electron chi connectivity index (χ2n) is 5.55. The fraction of sp³-hybridized carbons (Fsp3) is 0.188. The molecule has 0 saturated carbocycles. The van der Waals surface area contributed by atoms with Gasteiger partial charge in [-0.3, -0.25) is 0 Å². The van der Waals surface area contributed by atoms with Crippen molar-refractivity contribution in [1.82, 2.24) is 20.6 Å². The van der Waals surface area contributed by atoms with E-state index in [9.17, 15) is 8.78 Å². The molecule has 1 aliphatic rings. The van der Waals surface area contributed by atoms with Gasteiger partial charge in [0.1, 0.15) is 5.82 Å². The number of nitrogens with one attached hydrogen (secondary N) is 1. The van der Waals surface area contributed by atoms with Crippen molar-refractivity contribution in [3.05, 3.63) is 58.1 Å². The lowest BCUT2D eigenvalue weighted by molar-refractivity contribution is 0.605. The molecule has 1 aliphatic heterocycles. The maximum absolute atomic E-state index is 14.7. The van der Waals surface area contributed by atoms with Gasteiger partial charge in [0, 0.05) is 18.7 Å². The number of halogens is 3. The third-order valence-electron chi connectivity index (χ3n) is 4.13. The van der Waals surface area contributed by atoms with Gasteiger partial charge in [-0.05, 0) is 29.3 Å². The summed E-state index contributed by atoms with van der Waals surface area (Å²) in [5, 5.41) is 13.6. The third-order valence-corrected chi connectivity index (χ3v) is 4.40. The number of hydrogen-bond acceptors (Lipinski definition) is 4. The van der Waals surface area contributed by atoms with E-state index in [-0.39, 0.29) is 22.2 Å². The monoisotopic (exact) mass is 347 g/mol. The van der Waals surface area contributed by atoms with Crippen LogP contribution >= 0.6 is 11.6 Å². The summed E-state index contributed by atoms with van der Waals surface area (Å²) in [5.74, 6) is -0.759. The molecule has 122 valence electrons. The Kier molecular flexibility index (Phi) is 3.65. The maximum Gasteiger partial charge on any atom is 0.209 e. The Morgan fingerprint density at radius 1 is 1.25 bits per heavy atom. The molecule has 0 spiro atoms. The fourth-order valence-corrected chi connectivity index (χ4v) is 3.28. The van der Waals surface area contributed by atoms with Crippen molar-refractivity contribution in [2.45, 2.75) is 13.0 Å². The van der Waals surface area contributed by atoms with Crippen LogP contribution in [0.1, 0.15) is 11.1 Å². The van der Waals surface area contributed by atoms with E-state index in [0.717, 1.165) is 5.56 Å². The molecule has 5 nitrogen and oxygen atoms in total. The summed E-state index contributed by atoms with van der Waals surface area (Å²) in [5.41, 5.74) is 2.26. The van der Waals surface area contributed by atoms with E-state index in [1.807, 2.05) is 4.90 Å². The van der Waals surface area contributed by atoms with E-state index in [2.05, 4.69) is 20.6 Å². The molecule has 2 aromatic carbocycles. The number of rotatable bonds is 3. The molecule has 1 aromatic heterocycles. The zero-order valence-corrected chi connectivity index (χ0v) is 13.2. The predicted molar refractivity (Wildman–Crippen MR) is 85.7 cm³/mol. The Labute approximate surface area is 141 Å². The van der Waals surface area contributed by atoms with Gasteiger partial charge < -0.3 is 4.90 Å². The van der Waals surface area contributed by atoms with Crippen LogP contribution in [-0.4, -0.2) is 27.2 Å². The standard InChI is InChI=1S/C16H12ClF2N5/c17-11-7-9-5-6-24(8-10-3-1-2-4-12(10)18)15(9)13(14(11)19)16-20-22-23-21-16/h1-4,7H,5-6,8H2,(H,20,21,22,23). The number of nitrogens with zero attached hydrogens (tertiary/aromatic N) is 4. The minimum absolute atomic E-state index is 0.0151. The number of tetrazole rings is 1. The van der Waals surface area contributed by atoms with Crippen LogP contribution < -0.4 is 4.90 Å². The zero-order chi connectivity index (χ0) is 16.7. The molecule has 0 atom stereocenters. The molecule has 0 unspecified atom stereocenters. The Morgan fingerprint density at radius 3 is 2.83 bits per heavy atom. The number of H-pyrrole nitrogens is 1. The Balaban J connectivity index is 1.83. The highest BCUT2D eigenvalue weighted by Gasteiger charge is 2.29. The maximum atomic E-state index is 14.7. The summed E-state index contributed by atoms with van der Waals surface area (Å²) >= 11 is 6.01. The number of hydrogen-bond donors (Lipinski definition) is 1. The van der Waals surface area contributed by atoms with Gasteiger partial charge in [-0.2, -0.15) is 5.21 Å². The first-order valence-corrected chi connectivity index (χ1v) is 7.76. The SMILES string of the molecule is Fc1ccccc1CN1CCc2cc(Cl)c(F)c(-c3nn[nH]n3)c21. The molecule has 0 aliphatic carbocycles. The van der Waals surface area contributed by atoms with Gasteiger partial charge in [0.25, 0.3) is 0 Å². The molecular formula is C16H12ClF2N5. The van der Waals surface area contributed by atoms with Gasteiger partial charge in [-0.25, -0.2) is 8.78 Å². The molecule has 3 aromatic rings. The van der Waals surface area contributed by atoms with E-state index in [4.69, 9.17) is 11.6 Å². The number of aromatic amines is 1. The Bertz CT molecular complexity index is 898. The summed E-state index contributed by atoms with van der Waals surface area (Å²) in [7, 11) is 0. The quantitative estimate of drug-likeness (QED) is 0.789. The average molecular weight is 348 g/mol. The number of fused-ring (bicyclic) bond motifs is 1. The molecule has 0 bridgehead atoms. The molecular weight excluding hydrogens is 336 g/mol. The molecule has 8 heteroatoms. The Hall–Kier alpha value is -2.54. The van der Waals surface area contributed by atoms with Crippen molar-refractivity contribution in [2.75, 3.05) is 11.4 Å². The van der Waals surface area contributed by atoms with Crippen molar-refractivity contribution in [3.8, 4) is 11.4 Å². The van der Waals surface area contributed by atoms with E-state index >= 15 is 0 Å². The normalized spacial score (nSPS) is 13.4. The van der Waals surface area contributed by atoms with Crippen LogP contribution in [0.3, 0.4) is 0 Å². The van der Waals surface area contributed by atoms with Crippen molar-refractivity contribution >= 4 is 17.3 Å². The van der Waals surface area contributed by atoms with Gasteiger partial charge in [-0.15, -0.1) is 10.2 Å². The summed E-state index contributed by atoms with van der Waals surface area (Å²) in [6, 6.07) is 8.15. The molecule has 0 fully saturated rings. The van der Waals surface area contributed by atoms with Crippen LogP contribution in [0.2, 0.25) is 5.02 Å². The van der Waals surface area contributed by atoms with E-state index < -0.39 is 5.82 Å². The highest BCUT2D eigenvalue weighted by molar-refractivity contribution is 6.31. The number of anilines is 1. The van der Waals surface area contributed by atoms with E-state index in [1.165, 1.54) is 6.07 Å². The molecule has 0 saturated heterocycles. The van der Waals surface area contributed by atoms with E-state index in [0.29, 0.717) is 30.8 Å². The molecule has 0 radical (unpaired) electrons. The van der Waals surface area contributed by atoms with Crippen LogP contribution in [0.25, 0.3) is 11.4 Å². The molecule has 2 heterocycles. The third kappa shape index (κ3) is 2.41. The predicted octanol–water partition coefficient (Wildman–Crippen LogP) is 3.36. The lowest BCUT2D eigenvalue weighted by atomic mass is 10.1. The van der Waals surface area contributed by atoms with Crippen LogP contribution in [-0.2, 0) is 13.0 Å². The minimum Gasteiger partial charge on any atom is -0.366 e. The minimum atomic E-state index is -0.600. The molecule has 24 heavy (non-hydrogen) atoms. The molecule has 1 N–H and O–H groups in total. The fourth-order valence-electron chi connectivity index (χ4n) is 3.05. The lowest BCUT2D eigenvalue weighted by Crippen LogP contribution is -2.21. The van der Waals surface area contributed by atoms with Crippen LogP contribution in [0.15, 0.2) is 30.3 Å². The number of aromatic nitrogens is 4. The summed E-state index contributed by atoms with van der Waals surface area (Å²) in [6.07, 6.45) is 0.689. The smallest absolute Gasteiger partial charge is 0.209 e. The first kappa shape index (κ1) is 15.0. The second-order valence-corrected chi connectivity index (χ2v) is 5.96. The summed E-state index contributed by atoms with van der Waals surface area (Å²) in [6.45, 7) is 0.958. The second kappa shape index (κ2) is 5.83. The average Bonchev–Trinajstić information content (AvgIpc) is 3.22. The summed E-state index contributed by atoms with van der Waals surface area (Å²) < 4.78 is 28.6. The molecule has 4 rings (SSSR count). The van der Waals surface area contributed by atoms with Crippen LogP contribution in [0, 0.1) is 11.6 Å². The van der Waals surface area contributed by atoms with Crippen molar-refractivity contribution in [3.63, 3.8) is 0 Å². The first-order valence-electron chi connectivity index (χ1n) is 7.38. The summed E-state index contributed by atoms with van der Waals surface area (Å²) in [4.78, 5) is 1.92. The largest absolute Gasteiger partial charge is 0.366 e. The zero-order valence-electron chi connectivity index (χ0n) is 12.4. The van der Waals surface area contributed by atoms with Crippen molar-refractivity contribution < 1.29 is 8.78 Å². The number of benzene rings is 2. The lowest BCUT2D eigenvalue weighted by Gasteiger charge is -2.22. The van der Waals surface area contributed by atoms with Gasteiger partial charge >= 0.3 is 0 Å². The topological polar surface area (TPSA) is 57.7 Å². The van der Waals surface area contributed by atoms with Crippen LogP contribution in [0.5, 0.6) is 0 Å². The van der Waals surface area contributed by atoms with Crippen molar-refractivity contribution in [2.24, 2.45) is 0 Å². The molecule has 0 amide bonds. The Morgan fingerprint density at radius 2 is 2.08 bits per heavy atom. The van der Waals surface area contributed by atoms with E-state index in [1.54, 1.807) is 24.3 Å². The highest BCUT2D eigenvalue weighted by Crippen LogP contribution is 2.42. The van der Waals surface area contributed by atoms with Gasteiger partial charge in [-0.1, -0.05) is 29.8 Å². The first-order chi connectivity index (χ1) is 11.6. The van der Waals surface area contributed by atoms with Crippen molar-refractivity contribution in [1.29, 1.82) is 0 Å². The van der Waals surface area contributed by atoms with Gasteiger partial charge in [0.2, 0.25) is 5.82 Å². The van der Waals surface area contributed by atoms with Gasteiger partial charge in [0.15, 0.2) is 5.82 Å². The van der Waals surface area contributed by atoms with Gasteiger partial charge in [0.05, 0.1) is 16.3 Å².